The summed E-state index contributed by atoms with van der Waals surface area (Å²) in [5.74, 6) is -1.13. The predicted molar refractivity (Wildman–Crippen MR) is 98.8 cm³/mol. The van der Waals surface area contributed by atoms with Crippen LogP contribution in [0.4, 0.5) is 0 Å². The molecule has 1 fully saturated rings. The van der Waals surface area contributed by atoms with Gasteiger partial charge in [-0.05, 0) is 23.1 Å². The van der Waals surface area contributed by atoms with E-state index in [1.165, 1.54) is 7.11 Å². The lowest BCUT2D eigenvalue weighted by molar-refractivity contribution is -0.158. The normalized spacial score (nSPS) is 24.3. The van der Waals surface area contributed by atoms with Crippen molar-refractivity contribution in [2.45, 2.75) is 19.0 Å². The maximum Gasteiger partial charge on any atom is 0.309 e. The molecular formula is C22H21NO3. The molecule has 0 radical (unpaired) electrons. The van der Waals surface area contributed by atoms with Gasteiger partial charge in [0.05, 0.1) is 25.0 Å². The Morgan fingerprint density at radius 1 is 1.08 bits per heavy atom. The zero-order valence-electron chi connectivity index (χ0n) is 14.7. The van der Waals surface area contributed by atoms with E-state index in [0.717, 1.165) is 16.7 Å². The van der Waals surface area contributed by atoms with Crippen molar-refractivity contribution in [3.05, 3.63) is 77.9 Å². The number of fused-ring (bicyclic) bond motifs is 2. The SMILES string of the molecule is COC(=O)C1CC2C(c3ccccc3)=CC1C(=O)N2Cc1ccccc1. The smallest absolute Gasteiger partial charge is 0.309 e. The minimum Gasteiger partial charge on any atom is -0.469 e. The largest absolute Gasteiger partial charge is 0.469 e. The second-order valence-electron chi connectivity index (χ2n) is 6.85. The fraction of sp³-hybridized carbons (Fsp3) is 0.273. The molecule has 0 spiro atoms. The number of nitrogens with zero attached hydrogens (tertiary/aromatic N) is 1. The third-order valence-corrected chi connectivity index (χ3v) is 5.38. The number of methoxy groups -OCH3 is 1. The number of amides is 1. The van der Waals surface area contributed by atoms with Gasteiger partial charge in [0, 0.05) is 6.54 Å². The summed E-state index contributed by atoms with van der Waals surface area (Å²) < 4.78 is 4.95. The van der Waals surface area contributed by atoms with Crippen LogP contribution in [0, 0.1) is 11.8 Å². The van der Waals surface area contributed by atoms with Crippen molar-refractivity contribution in [3.8, 4) is 0 Å². The quantitative estimate of drug-likeness (QED) is 0.798. The summed E-state index contributed by atoms with van der Waals surface area (Å²) in [6.45, 7) is 0.554. The van der Waals surface area contributed by atoms with Crippen molar-refractivity contribution in [1.29, 1.82) is 0 Å². The molecule has 1 saturated heterocycles. The first-order chi connectivity index (χ1) is 12.7. The van der Waals surface area contributed by atoms with E-state index in [0.29, 0.717) is 13.0 Å². The Hall–Kier alpha value is -2.88. The van der Waals surface area contributed by atoms with Crippen LogP contribution >= 0.6 is 0 Å². The van der Waals surface area contributed by atoms with Crippen molar-refractivity contribution in [2.24, 2.45) is 11.8 Å². The summed E-state index contributed by atoms with van der Waals surface area (Å²) >= 11 is 0. The van der Waals surface area contributed by atoms with E-state index >= 15 is 0 Å². The Bertz CT molecular complexity index is 844. The van der Waals surface area contributed by atoms with Crippen LogP contribution in [0.15, 0.2) is 66.7 Å². The monoisotopic (exact) mass is 347 g/mol. The van der Waals surface area contributed by atoms with E-state index in [1.54, 1.807) is 0 Å². The van der Waals surface area contributed by atoms with Gasteiger partial charge in [0.25, 0.3) is 0 Å². The second kappa shape index (κ2) is 6.79. The van der Waals surface area contributed by atoms with Gasteiger partial charge in [0.2, 0.25) is 5.91 Å². The van der Waals surface area contributed by atoms with Crippen LogP contribution in [0.25, 0.3) is 5.57 Å². The predicted octanol–water partition coefficient (Wildman–Crippen LogP) is 3.29. The van der Waals surface area contributed by atoms with Crippen molar-refractivity contribution in [3.63, 3.8) is 0 Å². The lowest BCUT2D eigenvalue weighted by atomic mass is 9.71. The highest BCUT2D eigenvalue weighted by atomic mass is 16.5. The molecule has 3 aliphatic rings. The Kier molecular flexibility index (Phi) is 4.33. The van der Waals surface area contributed by atoms with E-state index in [1.807, 2.05) is 59.5 Å². The maximum atomic E-state index is 13.1. The summed E-state index contributed by atoms with van der Waals surface area (Å²) in [4.78, 5) is 27.2. The van der Waals surface area contributed by atoms with E-state index in [-0.39, 0.29) is 17.9 Å². The van der Waals surface area contributed by atoms with Gasteiger partial charge in [0.15, 0.2) is 0 Å². The number of carbonyl (C=O) groups is 2. The third kappa shape index (κ3) is 2.81. The summed E-state index contributed by atoms with van der Waals surface area (Å²) in [7, 11) is 1.39. The highest BCUT2D eigenvalue weighted by Crippen LogP contribution is 2.44. The molecule has 2 aromatic carbocycles. The topological polar surface area (TPSA) is 46.6 Å². The summed E-state index contributed by atoms with van der Waals surface area (Å²) in [6, 6.07) is 20.0. The van der Waals surface area contributed by atoms with Crippen LogP contribution in [-0.2, 0) is 20.9 Å². The number of hydrogen-bond acceptors (Lipinski definition) is 3. The van der Waals surface area contributed by atoms with Crippen LogP contribution in [0.2, 0.25) is 0 Å². The molecule has 0 N–H and O–H groups in total. The molecule has 1 aliphatic carbocycles. The molecule has 2 aromatic rings. The van der Waals surface area contributed by atoms with Crippen molar-refractivity contribution in [2.75, 3.05) is 7.11 Å². The number of rotatable bonds is 4. The molecule has 4 nitrogen and oxygen atoms in total. The number of hydrogen-bond donors (Lipinski definition) is 0. The van der Waals surface area contributed by atoms with Gasteiger partial charge in [0.1, 0.15) is 0 Å². The third-order valence-electron chi connectivity index (χ3n) is 5.38. The number of carbonyl (C=O) groups excluding carboxylic acids is 2. The molecule has 0 aromatic heterocycles. The minimum atomic E-state index is -0.452. The molecule has 5 rings (SSSR count). The van der Waals surface area contributed by atoms with Gasteiger partial charge in [-0.3, -0.25) is 9.59 Å². The molecule has 1 amide bonds. The molecule has 2 aliphatic heterocycles. The molecule has 4 heteroatoms. The summed E-state index contributed by atoms with van der Waals surface area (Å²) in [5, 5.41) is 0. The Morgan fingerprint density at radius 2 is 1.73 bits per heavy atom. The standard InChI is InChI=1S/C22H21NO3/c1-26-22(25)19-13-20-17(16-10-6-3-7-11-16)12-18(19)21(24)23(20)14-15-8-4-2-5-9-15/h2-12,18-20H,13-14H2,1H3. The van der Waals surface area contributed by atoms with Crippen molar-refractivity contribution in [1.82, 2.24) is 4.90 Å². The number of piperidine rings is 1. The molecular weight excluding hydrogens is 326 g/mol. The molecule has 3 unspecified atom stereocenters. The zero-order chi connectivity index (χ0) is 18.1. The van der Waals surface area contributed by atoms with Gasteiger partial charge in [-0.2, -0.15) is 0 Å². The van der Waals surface area contributed by atoms with E-state index in [9.17, 15) is 9.59 Å². The van der Waals surface area contributed by atoms with Crippen LogP contribution in [0.1, 0.15) is 17.5 Å². The van der Waals surface area contributed by atoms with E-state index < -0.39 is 11.8 Å². The highest BCUT2D eigenvalue weighted by Gasteiger charge is 2.49. The van der Waals surface area contributed by atoms with Crippen LogP contribution in [0.5, 0.6) is 0 Å². The maximum absolute atomic E-state index is 13.1. The zero-order valence-corrected chi connectivity index (χ0v) is 14.7. The second-order valence-corrected chi connectivity index (χ2v) is 6.85. The van der Waals surface area contributed by atoms with E-state index in [2.05, 4.69) is 12.1 Å². The van der Waals surface area contributed by atoms with Gasteiger partial charge in [-0.25, -0.2) is 0 Å². The molecule has 2 heterocycles. The van der Waals surface area contributed by atoms with Crippen LogP contribution < -0.4 is 0 Å². The molecule has 3 atom stereocenters. The summed E-state index contributed by atoms with van der Waals surface area (Å²) in [6.07, 6.45) is 2.59. The van der Waals surface area contributed by atoms with Crippen LogP contribution in [0.3, 0.4) is 0 Å². The Morgan fingerprint density at radius 3 is 2.38 bits per heavy atom. The first-order valence-corrected chi connectivity index (χ1v) is 8.88. The fourth-order valence-electron chi connectivity index (χ4n) is 4.10. The van der Waals surface area contributed by atoms with Crippen molar-refractivity contribution < 1.29 is 14.3 Å². The minimum absolute atomic E-state index is 0.0141. The Labute approximate surface area is 153 Å². The van der Waals surface area contributed by atoms with Crippen LogP contribution in [-0.4, -0.2) is 29.9 Å². The first-order valence-electron chi connectivity index (χ1n) is 8.88. The summed E-state index contributed by atoms with van der Waals surface area (Å²) in [5.41, 5.74) is 3.33. The number of benzene rings is 2. The fourth-order valence-corrected chi connectivity index (χ4v) is 4.10. The van der Waals surface area contributed by atoms with Gasteiger partial charge in [-0.15, -0.1) is 0 Å². The molecule has 132 valence electrons. The average molecular weight is 347 g/mol. The Balaban J connectivity index is 1.72. The molecule has 26 heavy (non-hydrogen) atoms. The lowest BCUT2D eigenvalue weighted by Crippen LogP contribution is -2.56. The first kappa shape index (κ1) is 16.6. The van der Waals surface area contributed by atoms with Gasteiger partial charge < -0.3 is 9.64 Å². The van der Waals surface area contributed by atoms with Gasteiger partial charge in [-0.1, -0.05) is 66.7 Å². The van der Waals surface area contributed by atoms with Crippen molar-refractivity contribution >= 4 is 17.4 Å². The van der Waals surface area contributed by atoms with E-state index in [4.69, 9.17) is 4.74 Å². The molecule has 0 saturated carbocycles. The average Bonchev–Trinajstić information content (AvgIpc) is 2.71. The number of ether oxygens (including phenoxy) is 1. The highest BCUT2D eigenvalue weighted by molar-refractivity contribution is 5.95. The lowest BCUT2D eigenvalue weighted by Gasteiger charge is -2.47. The molecule has 2 bridgehead atoms. The van der Waals surface area contributed by atoms with Gasteiger partial charge >= 0.3 is 5.97 Å². The number of esters is 1.